The SMILES string of the molecule is COc1cc(B2OC(C)(C)C(C)(C)O2)cn2cc(C3C4CN(C(=O)OC(C)(C)C)CC43)nc12. The van der Waals surface area contributed by atoms with Crippen LogP contribution in [-0.2, 0) is 14.0 Å². The van der Waals surface area contributed by atoms with E-state index in [2.05, 4.69) is 6.20 Å². The number of nitrogens with zero attached hydrogens (tertiary/aromatic N) is 3. The molecule has 0 N–H and O–H groups in total. The van der Waals surface area contributed by atoms with Crippen molar-refractivity contribution in [3.8, 4) is 5.75 Å². The fraction of sp³-hybridized carbons (Fsp3) is 0.667. The first-order valence-corrected chi connectivity index (χ1v) is 11.7. The Morgan fingerprint density at radius 3 is 2.27 bits per heavy atom. The fourth-order valence-electron chi connectivity index (χ4n) is 4.97. The van der Waals surface area contributed by atoms with Crippen LogP contribution in [0.5, 0.6) is 5.75 Å². The summed E-state index contributed by atoms with van der Waals surface area (Å²) in [6.45, 7) is 15.3. The molecule has 4 heterocycles. The minimum atomic E-state index is -0.476. The maximum atomic E-state index is 12.4. The number of rotatable bonds is 3. The molecule has 5 rings (SSSR count). The smallest absolute Gasteiger partial charge is 0.493 e. The second-order valence-electron chi connectivity index (χ2n) is 11.6. The first-order valence-electron chi connectivity index (χ1n) is 11.7. The van der Waals surface area contributed by atoms with Crippen molar-refractivity contribution in [3.63, 3.8) is 0 Å². The Morgan fingerprint density at radius 2 is 1.73 bits per heavy atom. The first-order chi connectivity index (χ1) is 15.3. The van der Waals surface area contributed by atoms with Crippen molar-refractivity contribution in [1.82, 2.24) is 14.3 Å². The highest BCUT2D eigenvalue weighted by atomic mass is 16.7. The zero-order chi connectivity index (χ0) is 23.9. The molecular weight excluding hydrogens is 421 g/mol. The van der Waals surface area contributed by atoms with Gasteiger partial charge in [-0.05, 0) is 66.4 Å². The lowest BCUT2D eigenvalue weighted by Crippen LogP contribution is -2.41. The van der Waals surface area contributed by atoms with E-state index in [-0.39, 0.29) is 6.09 Å². The minimum absolute atomic E-state index is 0.225. The second-order valence-corrected chi connectivity index (χ2v) is 11.6. The number of methoxy groups -OCH3 is 1. The number of fused-ring (bicyclic) bond motifs is 2. The molecule has 0 radical (unpaired) electrons. The van der Waals surface area contributed by atoms with Crippen molar-refractivity contribution in [2.45, 2.75) is 71.2 Å². The van der Waals surface area contributed by atoms with Gasteiger partial charge in [-0.15, -0.1) is 0 Å². The number of piperidine rings is 1. The monoisotopic (exact) mass is 455 g/mol. The number of pyridine rings is 1. The molecule has 33 heavy (non-hydrogen) atoms. The number of amides is 1. The highest BCUT2D eigenvalue weighted by molar-refractivity contribution is 6.62. The number of aromatic nitrogens is 2. The van der Waals surface area contributed by atoms with Crippen molar-refractivity contribution in [1.29, 1.82) is 0 Å². The molecule has 8 nitrogen and oxygen atoms in total. The maximum absolute atomic E-state index is 12.4. The van der Waals surface area contributed by atoms with Gasteiger partial charge in [0.2, 0.25) is 0 Å². The van der Waals surface area contributed by atoms with Gasteiger partial charge in [-0.1, -0.05) is 0 Å². The molecular formula is C24H34BN3O5. The molecule has 2 aliphatic heterocycles. The summed E-state index contributed by atoms with van der Waals surface area (Å²) in [5.41, 5.74) is 1.42. The summed E-state index contributed by atoms with van der Waals surface area (Å²) in [6.07, 6.45) is 3.87. The van der Waals surface area contributed by atoms with E-state index in [9.17, 15) is 4.79 Å². The van der Waals surface area contributed by atoms with Crippen LogP contribution in [0.2, 0.25) is 0 Å². The van der Waals surface area contributed by atoms with Crippen molar-refractivity contribution in [3.05, 3.63) is 24.2 Å². The summed E-state index contributed by atoms with van der Waals surface area (Å²) in [5, 5.41) is 0. The molecule has 3 fully saturated rings. The van der Waals surface area contributed by atoms with E-state index in [1.807, 2.05) is 70.0 Å². The Hall–Kier alpha value is -2.26. The molecule has 1 aliphatic carbocycles. The van der Waals surface area contributed by atoms with Crippen LogP contribution < -0.4 is 10.2 Å². The molecule has 9 heteroatoms. The molecule has 0 aromatic carbocycles. The molecule has 178 valence electrons. The average molecular weight is 455 g/mol. The lowest BCUT2D eigenvalue weighted by Gasteiger charge is -2.32. The number of imidazole rings is 1. The van der Waals surface area contributed by atoms with Crippen LogP contribution in [0, 0.1) is 11.8 Å². The van der Waals surface area contributed by atoms with Gasteiger partial charge in [0.05, 0.1) is 24.0 Å². The van der Waals surface area contributed by atoms with Crippen LogP contribution in [0.1, 0.15) is 60.1 Å². The predicted molar refractivity (Wildman–Crippen MR) is 125 cm³/mol. The van der Waals surface area contributed by atoms with Gasteiger partial charge in [0.15, 0.2) is 11.4 Å². The van der Waals surface area contributed by atoms with Crippen LogP contribution in [0.15, 0.2) is 18.5 Å². The van der Waals surface area contributed by atoms with Crippen LogP contribution in [-0.4, -0.2) is 64.5 Å². The van der Waals surface area contributed by atoms with Crippen LogP contribution >= 0.6 is 0 Å². The third kappa shape index (κ3) is 3.79. The van der Waals surface area contributed by atoms with E-state index in [0.717, 1.165) is 16.8 Å². The normalized spacial score (nSPS) is 27.7. The number of likely N-dealkylation sites (tertiary alicyclic amines) is 1. The highest BCUT2D eigenvalue weighted by Crippen LogP contribution is 2.58. The van der Waals surface area contributed by atoms with E-state index >= 15 is 0 Å². The number of hydrogen-bond donors (Lipinski definition) is 0. The van der Waals surface area contributed by atoms with Gasteiger partial charge >= 0.3 is 13.2 Å². The number of hydrogen-bond acceptors (Lipinski definition) is 6. The largest absolute Gasteiger partial charge is 0.496 e. The second kappa shape index (κ2) is 7.12. The molecule has 2 aromatic heterocycles. The van der Waals surface area contributed by atoms with E-state index in [1.54, 1.807) is 7.11 Å². The average Bonchev–Trinajstić information content (AvgIpc) is 3.02. The first kappa shape index (κ1) is 22.5. The maximum Gasteiger partial charge on any atom is 0.496 e. The Labute approximate surface area is 195 Å². The Kier molecular flexibility index (Phi) is 4.86. The van der Waals surface area contributed by atoms with Gasteiger partial charge in [0.1, 0.15) is 5.60 Å². The molecule has 1 amide bonds. The third-order valence-electron chi connectivity index (χ3n) is 7.49. The summed E-state index contributed by atoms with van der Waals surface area (Å²) in [5.74, 6) is 1.90. The zero-order valence-corrected chi connectivity index (χ0v) is 20.8. The Balaban J connectivity index is 1.35. The zero-order valence-electron chi connectivity index (χ0n) is 20.8. The molecule has 0 spiro atoms. The highest BCUT2D eigenvalue weighted by Gasteiger charge is 2.59. The number of carbonyl (C=O) groups is 1. The summed E-state index contributed by atoms with van der Waals surface area (Å²) in [6, 6.07) is 1.95. The van der Waals surface area contributed by atoms with Crippen LogP contribution in [0.3, 0.4) is 0 Å². The van der Waals surface area contributed by atoms with Crippen LogP contribution in [0.4, 0.5) is 4.79 Å². The van der Waals surface area contributed by atoms with Gasteiger partial charge in [-0.2, -0.15) is 0 Å². The van der Waals surface area contributed by atoms with Crippen LogP contribution in [0.25, 0.3) is 5.65 Å². The predicted octanol–water partition coefficient (Wildman–Crippen LogP) is 3.22. The Morgan fingerprint density at radius 1 is 1.12 bits per heavy atom. The fourth-order valence-corrected chi connectivity index (χ4v) is 4.97. The summed E-state index contributed by atoms with van der Waals surface area (Å²) < 4.78 is 25.7. The quantitative estimate of drug-likeness (QED) is 0.662. The standard InChI is InChI=1S/C24H34BN3O5/c1-22(2,3)31-21(29)28-11-15-16(12-28)19(15)17-13-27-10-14(9-18(30-8)20(27)26-17)25-32-23(4,5)24(6,7)33-25/h9-10,13,15-16,19H,11-12H2,1-8H3. The van der Waals surface area contributed by atoms with Crippen molar-refractivity contribution < 1.29 is 23.6 Å². The molecule has 0 bridgehead atoms. The molecule has 2 aromatic rings. The molecule has 2 unspecified atom stereocenters. The van der Waals surface area contributed by atoms with E-state index in [1.165, 1.54) is 0 Å². The van der Waals surface area contributed by atoms with Crippen molar-refractivity contribution >= 4 is 24.3 Å². The van der Waals surface area contributed by atoms with Gasteiger partial charge < -0.3 is 28.1 Å². The number of carbonyl (C=O) groups excluding carboxylic acids is 1. The van der Waals surface area contributed by atoms with Crippen molar-refractivity contribution in [2.75, 3.05) is 20.2 Å². The molecule has 2 atom stereocenters. The minimum Gasteiger partial charge on any atom is -0.493 e. The van der Waals surface area contributed by atoms with E-state index in [4.69, 9.17) is 23.8 Å². The number of ether oxygens (including phenoxy) is 2. The lowest BCUT2D eigenvalue weighted by atomic mass is 9.80. The van der Waals surface area contributed by atoms with Gasteiger partial charge in [-0.3, -0.25) is 0 Å². The Bertz CT molecular complexity index is 1080. The molecule has 1 saturated carbocycles. The van der Waals surface area contributed by atoms with Crippen molar-refractivity contribution in [2.24, 2.45) is 11.8 Å². The molecule has 3 aliphatic rings. The molecule has 2 saturated heterocycles. The van der Waals surface area contributed by atoms with Gasteiger partial charge in [0.25, 0.3) is 0 Å². The van der Waals surface area contributed by atoms with Gasteiger partial charge in [-0.25, -0.2) is 9.78 Å². The van der Waals surface area contributed by atoms with E-state index in [0.29, 0.717) is 36.6 Å². The third-order valence-corrected chi connectivity index (χ3v) is 7.49. The summed E-state index contributed by atoms with van der Waals surface area (Å²) >= 11 is 0. The summed E-state index contributed by atoms with van der Waals surface area (Å²) in [7, 11) is 1.18. The van der Waals surface area contributed by atoms with E-state index < -0.39 is 23.9 Å². The topological polar surface area (TPSA) is 74.5 Å². The van der Waals surface area contributed by atoms with Gasteiger partial charge in [0, 0.05) is 36.9 Å². The lowest BCUT2D eigenvalue weighted by molar-refractivity contribution is 0.00578. The summed E-state index contributed by atoms with van der Waals surface area (Å²) in [4.78, 5) is 19.1.